The van der Waals surface area contributed by atoms with Gasteiger partial charge in [-0.25, -0.2) is 0 Å². The lowest BCUT2D eigenvalue weighted by Gasteiger charge is -1.98. The molecule has 0 saturated heterocycles. The molecule has 0 radical (unpaired) electrons. The van der Waals surface area contributed by atoms with Gasteiger partial charge in [-0.3, -0.25) is 0 Å². The summed E-state index contributed by atoms with van der Waals surface area (Å²) in [5.41, 5.74) is 3.14. The van der Waals surface area contributed by atoms with E-state index in [0.29, 0.717) is 0 Å². The molecular formula is C9H8BrNO. The maximum absolute atomic E-state index is 8.68. The molecule has 1 aromatic rings. The Morgan fingerprint density at radius 2 is 2.17 bits per heavy atom. The minimum atomic E-state index is 0.798. The molecule has 1 aliphatic carbocycles. The molecule has 0 aromatic heterocycles. The second kappa shape index (κ2) is 2.90. The number of hydrogen-bond acceptors (Lipinski definition) is 2. The number of rotatable bonds is 0. The Morgan fingerprint density at radius 1 is 1.33 bits per heavy atom. The quantitative estimate of drug-likeness (QED) is 0.535. The fourth-order valence-corrected chi connectivity index (χ4v) is 1.89. The molecule has 0 aliphatic heterocycles. The van der Waals surface area contributed by atoms with Crippen LogP contribution in [-0.2, 0) is 6.42 Å². The lowest BCUT2D eigenvalue weighted by atomic mass is 10.1. The standard InChI is InChI=1S/C9H8BrNO/c10-7-3-1-6-2-4-9(11-12)8(6)5-7/h1,3,5,12H,2,4H2/b11-9+. The van der Waals surface area contributed by atoms with Crippen LogP contribution in [-0.4, -0.2) is 10.9 Å². The van der Waals surface area contributed by atoms with Crippen molar-refractivity contribution in [1.82, 2.24) is 0 Å². The molecule has 2 nitrogen and oxygen atoms in total. The molecule has 1 aromatic carbocycles. The molecular weight excluding hydrogens is 218 g/mol. The van der Waals surface area contributed by atoms with E-state index in [4.69, 9.17) is 5.21 Å². The second-order valence-electron chi connectivity index (χ2n) is 2.85. The Bertz CT molecular complexity index is 346. The highest BCUT2D eigenvalue weighted by Crippen LogP contribution is 2.25. The molecule has 0 heterocycles. The van der Waals surface area contributed by atoms with Crippen molar-refractivity contribution in [3.63, 3.8) is 0 Å². The van der Waals surface area contributed by atoms with E-state index in [0.717, 1.165) is 28.6 Å². The van der Waals surface area contributed by atoms with Gasteiger partial charge in [-0.15, -0.1) is 0 Å². The molecule has 2 rings (SSSR count). The fourth-order valence-electron chi connectivity index (χ4n) is 1.53. The number of fused-ring (bicyclic) bond motifs is 1. The first-order chi connectivity index (χ1) is 5.81. The summed E-state index contributed by atoms with van der Waals surface area (Å²) in [7, 11) is 0. The number of aryl methyl sites for hydroxylation is 1. The molecule has 3 heteroatoms. The van der Waals surface area contributed by atoms with Gasteiger partial charge in [0.1, 0.15) is 0 Å². The SMILES string of the molecule is O/N=C1\CCc2ccc(Br)cc21. The number of benzene rings is 1. The van der Waals surface area contributed by atoms with Crippen LogP contribution in [0.4, 0.5) is 0 Å². The molecule has 0 fully saturated rings. The molecule has 62 valence electrons. The van der Waals surface area contributed by atoms with E-state index in [1.165, 1.54) is 5.56 Å². The average molecular weight is 226 g/mol. The monoisotopic (exact) mass is 225 g/mol. The van der Waals surface area contributed by atoms with Crippen LogP contribution in [0.3, 0.4) is 0 Å². The molecule has 0 amide bonds. The van der Waals surface area contributed by atoms with Crippen molar-refractivity contribution in [3.8, 4) is 0 Å². The van der Waals surface area contributed by atoms with Crippen LogP contribution in [0.5, 0.6) is 0 Å². The number of hydrogen-bond donors (Lipinski definition) is 1. The Hall–Kier alpha value is -0.830. The van der Waals surface area contributed by atoms with Crippen LogP contribution < -0.4 is 0 Å². The number of halogens is 1. The predicted molar refractivity (Wildman–Crippen MR) is 50.8 cm³/mol. The molecule has 1 N–H and O–H groups in total. The third kappa shape index (κ3) is 1.14. The van der Waals surface area contributed by atoms with Crippen LogP contribution >= 0.6 is 15.9 Å². The average Bonchev–Trinajstić information content (AvgIpc) is 2.46. The summed E-state index contributed by atoms with van der Waals surface area (Å²) in [4.78, 5) is 0. The predicted octanol–water partition coefficient (Wildman–Crippen LogP) is 2.57. The summed E-state index contributed by atoms with van der Waals surface area (Å²) in [5, 5.41) is 11.9. The highest BCUT2D eigenvalue weighted by atomic mass is 79.9. The summed E-state index contributed by atoms with van der Waals surface area (Å²) in [6.45, 7) is 0. The van der Waals surface area contributed by atoms with E-state index in [9.17, 15) is 0 Å². The number of nitrogens with zero attached hydrogens (tertiary/aromatic N) is 1. The largest absolute Gasteiger partial charge is 0.411 e. The van der Waals surface area contributed by atoms with Crippen molar-refractivity contribution < 1.29 is 5.21 Å². The van der Waals surface area contributed by atoms with Gasteiger partial charge in [0, 0.05) is 10.0 Å². The maximum Gasteiger partial charge on any atom is 0.0874 e. The first-order valence-corrected chi connectivity index (χ1v) is 4.60. The zero-order valence-electron chi connectivity index (χ0n) is 6.42. The molecule has 0 spiro atoms. The van der Waals surface area contributed by atoms with Gasteiger partial charge in [-0.2, -0.15) is 0 Å². The Morgan fingerprint density at radius 3 is 2.92 bits per heavy atom. The van der Waals surface area contributed by atoms with E-state index < -0.39 is 0 Å². The van der Waals surface area contributed by atoms with Gasteiger partial charge in [0.2, 0.25) is 0 Å². The van der Waals surface area contributed by atoms with Crippen LogP contribution in [0.1, 0.15) is 17.5 Å². The van der Waals surface area contributed by atoms with Crippen molar-refractivity contribution in [2.45, 2.75) is 12.8 Å². The minimum absolute atomic E-state index is 0.798. The van der Waals surface area contributed by atoms with E-state index in [1.807, 2.05) is 12.1 Å². The maximum atomic E-state index is 8.68. The lowest BCUT2D eigenvalue weighted by molar-refractivity contribution is 0.318. The molecule has 1 aliphatic rings. The summed E-state index contributed by atoms with van der Waals surface area (Å²) in [6, 6.07) is 6.08. The number of oxime groups is 1. The Balaban J connectivity index is 2.57. The van der Waals surface area contributed by atoms with Gasteiger partial charge in [0.05, 0.1) is 5.71 Å². The van der Waals surface area contributed by atoms with E-state index in [-0.39, 0.29) is 0 Å². The van der Waals surface area contributed by atoms with Crippen molar-refractivity contribution in [1.29, 1.82) is 0 Å². The zero-order chi connectivity index (χ0) is 8.55. The fraction of sp³-hybridized carbons (Fsp3) is 0.222. The zero-order valence-corrected chi connectivity index (χ0v) is 8.00. The third-order valence-corrected chi connectivity index (χ3v) is 2.63. The summed E-state index contributed by atoms with van der Waals surface area (Å²) in [5.74, 6) is 0. The summed E-state index contributed by atoms with van der Waals surface area (Å²) >= 11 is 3.38. The van der Waals surface area contributed by atoms with Crippen molar-refractivity contribution >= 4 is 21.6 Å². The molecule has 0 atom stereocenters. The molecule has 0 unspecified atom stereocenters. The van der Waals surface area contributed by atoms with Crippen LogP contribution in [0.2, 0.25) is 0 Å². The highest BCUT2D eigenvalue weighted by molar-refractivity contribution is 9.10. The van der Waals surface area contributed by atoms with Crippen molar-refractivity contribution in [2.24, 2.45) is 5.16 Å². The Kier molecular flexibility index (Phi) is 1.89. The van der Waals surface area contributed by atoms with Crippen LogP contribution in [0, 0.1) is 0 Å². The second-order valence-corrected chi connectivity index (χ2v) is 3.76. The molecule has 0 bridgehead atoms. The van der Waals surface area contributed by atoms with E-state index in [1.54, 1.807) is 0 Å². The van der Waals surface area contributed by atoms with E-state index in [2.05, 4.69) is 27.2 Å². The Labute approximate surface area is 79.0 Å². The topological polar surface area (TPSA) is 32.6 Å². The lowest BCUT2D eigenvalue weighted by Crippen LogP contribution is -1.93. The van der Waals surface area contributed by atoms with Crippen LogP contribution in [0.25, 0.3) is 0 Å². The normalized spacial score (nSPS) is 18.2. The van der Waals surface area contributed by atoms with Gasteiger partial charge < -0.3 is 5.21 Å². The van der Waals surface area contributed by atoms with Gasteiger partial charge in [-0.05, 0) is 30.5 Å². The van der Waals surface area contributed by atoms with Crippen LogP contribution in [0.15, 0.2) is 27.8 Å². The summed E-state index contributed by atoms with van der Waals surface area (Å²) in [6.07, 6.45) is 1.84. The smallest absolute Gasteiger partial charge is 0.0874 e. The molecule has 0 saturated carbocycles. The minimum Gasteiger partial charge on any atom is -0.411 e. The van der Waals surface area contributed by atoms with Crippen molar-refractivity contribution in [2.75, 3.05) is 0 Å². The molecule has 12 heavy (non-hydrogen) atoms. The van der Waals surface area contributed by atoms with Gasteiger partial charge in [0.15, 0.2) is 0 Å². The van der Waals surface area contributed by atoms with Gasteiger partial charge >= 0.3 is 0 Å². The third-order valence-electron chi connectivity index (χ3n) is 2.13. The summed E-state index contributed by atoms with van der Waals surface area (Å²) < 4.78 is 1.03. The van der Waals surface area contributed by atoms with E-state index >= 15 is 0 Å². The van der Waals surface area contributed by atoms with Gasteiger partial charge in [-0.1, -0.05) is 27.2 Å². The van der Waals surface area contributed by atoms with Crippen molar-refractivity contribution in [3.05, 3.63) is 33.8 Å². The highest BCUT2D eigenvalue weighted by Gasteiger charge is 2.17. The van der Waals surface area contributed by atoms with Gasteiger partial charge in [0.25, 0.3) is 0 Å². The first kappa shape index (κ1) is 7.80. The first-order valence-electron chi connectivity index (χ1n) is 3.81.